The van der Waals surface area contributed by atoms with E-state index in [9.17, 15) is 19.2 Å². The van der Waals surface area contributed by atoms with E-state index in [0.29, 0.717) is 22.2 Å². The van der Waals surface area contributed by atoms with Crippen molar-refractivity contribution in [1.29, 1.82) is 0 Å². The summed E-state index contributed by atoms with van der Waals surface area (Å²) in [6.07, 6.45) is 2.37. The van der Waals surface area contributed by atoms with Crippen LogP contribution in [0, 0.1) is 0 Å². The van der Waals surface area contributed by atoms with Gasteiger partial charge >= 0.3 is 0 Å². The number of ether oxygens (including phenoxy) is 2. The minimum atomic E-state index is -1.21. The van der Waals surface area contributed by atoms with Crippen molar-refractivity contribution in [2.45, 2.75) is 19.4 Å². The highest BCUT2D eigenvalue weighted by Crippen LogP contribution is 2.27. The summed E-state index contributed by atoms with van der Waals surface area (Å²) in [7, 11) is 1.50. The van der Waals surface area contributed by atoms with Crippen molar-refractivity contribution in [3.63, 3.8) is 0 Å². The number of hydrogen-bond acceptors (Lipinski definition) is 6. The molecule has 1 unspecified atom stereocenters. The molecule has 33 heavy (non-hydrogen) atoms. The highest BCUT2D eigenvalue weighted by molar-refractivity contribution is 6.30. The maximum absolute atomic E-state index is 13.1. The molecule has 3 rings (SSSR count). The molecule has 0 saturated carbocycles. The van der Waals surface area contributed by atoms with Gasteiger partial charge in [-0.15, -0.1) is 0 Å². The Labute approximate surface area is 195 Å². The van der Waals surface area contributed by atoms with Crippen molar-refractivity contribution in [3.8, 4) is 11.5 Å². The number of hydrogen-bond donors (Lipinski definition) is 1. The summed E-state index contributed by atoms with van der Waals surface area (Å²) in [4.78, 5) is 51.8. The van der Waals surface area contributed by atoms with Gasteiger partial charge in [0.05, 0.1) is 19.2 Å². The normalized spacial score (nSPS) is 15.6. The van der Waals surface area contributed by atoms with Crippen molar-refractivity contribution in [3.05, 3.63) is 65.7 Å². The van der Waals surface area contributed by atoms with Crippen molar-refractivity contribution in [2.75, 3.05) is 18.6 Å². The van der Waals surface area contributed by atoms with Crippen LogP contribution in [0.5, 0.6) is 11.5 Å². The van der Waals surface area contributed by atoms with E-state index in [2.05, 4.69) is 5.43 Å². The number of anilines is 1. The first kappa shape index (κ1) is 23.8. The van der Waals surface area contributed by atoms with Crippen LogP contribution in [-0.2, 0) is 19.2 Å². The molecule has 0 aromatic heterocycles. The van der Waals surface area contributed by atoms with Crippen LogP contribution in [0.3, 0.4) is 0 Å². The van der Waals surface area contributed by atoms with E-state index < -0.39 is 36.3 Å². The summed E-state index contributed by atoms with van der Waals surface area (Å²) >= 11 is 5.82. The van der Waals surface area contributed by atoms with Gasteiger partial charge in [-0.05, 0) is 55.5 Å². The molecule has 0 bridgehead atoms. The van der Waals surface area contributed by atoms with E-state index in [-0.39, 0.29) is 6.42 Å². The summed E-state index contributed by atoms with van der Waals surface area (Å²) < 4.78 is 10.5. The number of carbonyl (C=O) groups is 4. The number of benzene rings is 2. The molecule has 4 amide bonds. The third kappa shape index (κ3) is 5.69. The molecule has 1 saturated heterocycles. The minimum absolute atomic E-state index is 0.285. The highest BCUT2D eigenvalue weighted by atomic mass is 35.5. The Hall–Kier alpha value is -3.85. The zero-order chi connectivity index (χ0) is 24.0. The van der Waals surface area contributed by atoms with E-state index in [1.54, 1.807) is 55.5 Å². The summed E-state index contributed by atoms with van der Waals surface area (Å²) in [5.41, 5.74) is 2.73. The van der Waals surface area contributed by atoms with Crippen LogP contribution < -0.4 is 19.8 Å². The molecular weight excluding hydrogens is 450 g/mol. The van der Waals surface area contributed by atoms with Gasteiger partial charge in [0, 0.05) is 11.1 Å². The van der Waals surface area contributed by atoms with E-state index in [1.165, 1.54) is 19.3 Å². The molecule has 1 aliphatic heterocycles. The third-order valence-electron chi connectivity index (χ3n) is 4.74. The number of methoxy groups -OCH3 is 1. The number of hydrazine groups is 1. The fraction of sp³-hybridized carbons (Fsp3) is 0.217. The number of nitrogens with zero attached hydrogens (tertiary/aromatic N) is 2. The number of nitrogens with one attached hydrogen (secondary N) is 1. The Bertz CT molecular complexity index is 1070. The van der Waals surface area contributed by atoms with Crippen molar-refractivity contribution in [1.82, 2.24) is 10.4 Å². The molecule has 2 aromatic carbocycles. The van der Waals surface area contributed by atoms with E-state index in [0.717, 1.165) is 9.91 Å². The lowest BCUT2D eigenvalue weighted by molar-refractivity contribution is -0.144. The standard InChI is InChI=1S/C23H22ClN3O6/c1-3-4-21(29)27(25-20(28)14-33-18-9-5-15(24)6-10-18)19-13-22(30)26(23(19)31)16-7-11-17(32-2)12-8-16/h3-12,19H,13-14H2,1-2H3,(H,25,28). The summed E-state index contributed by atoms with van der Waals surface area (Å²) in [5, 5.41) is 1.37. The zero-order valence-electron chi connectivity index (χ0n) is 18.0. The van der Waals surface area contributed by atoms with Gasteiger partial charge in [0.2, 0.25) is 5.91 Å². The molecule has 1 N–H and O–H groups in total. The first-order valence-corrected chi connectivity index (χ1v) is 10.4. The average Bonchev–Trinajstić information content (AvgIpc) is 3.10. The monoisotopic (exact) mass is 471 g/mol. The fourth-order valence-corrected chi connectivity index (χ4v) is 3.30. The first-order valence-electron chi connectivity index (χ1n) is 9.98. The Balaban J connectivity index is 1.74. The molecule has 1 atom stereocenters. The van der Waals surface area contributed by atoms with Gasteiger partial charge in [-0.25, -0.2) is 9.91 Å². The Morgan fingerprint density at radius 2 is 1.76 bits per heavy atom. The predicted molar refractivity (Wildman–Crippen MR) is 121 cm³/mol. The van der Waals surface area contributed by atoms with E-state index in [4.69, 9.17) is 21.1 Å². The lowest BCUT2D eigenvalue weighted by Gasteiger charge is -2.26. The second-order valence-electron chi connectivity index (χ2n) is 6.97. The van der Waals surface area contributed by atoms with Gasteiger partial charge in [0.25, 0.3) is 17.7 Å². The molecule has 10 heteroatoms. The lowest BCUT2D eigenvalue weighted by atomic mass is 10.2. The molecule has 9 nitrogen and oxygen atoms in total. The van der Waals surface area contributed by atoms with Crippen molar-refractivity contribution in [2.24, 2.45) is 0 Å². The second kappa shape index (κ2) is 10.6. The van der Waals surface area contributed by atoms with Crippen LogP contribution in [0.25, 0.3) is 0 Å². The number of carbonyl (C=O) groups excluding carboxylic acids is 4. The van der Waals surface area contributed by atoms with Gasteiger partial charge in [0.15, 0.2) is 6.61 Å². The number of rotatable bonds is 7. The third-order valence-corrected chi connectivity index (χ3v) is 4.99. The average molecular weight is 472 g/mol. The molecule has 2 aromatic rings. The van der Waals surface area contributed by atoms with Crippen LogP contribution >= 0.6 is 11.6 Å². The molecule has 1 aliphatic rings. The molecule has 1 heterocycles. The SMILES string of the molecule is CC=CC(=O)N(NC(=O)COc1ccc(Cl)cc1)C1CC(=O)N(c2ccc(OC)cc2)C1=O. The maximum Gasteiger partial charge on any atom is 0.276 e. The largest absolute Gasteiger partial charge is 0.497 e. The Kier molecular flexibility index (Phi) is 7.68. The zero-order valence-corrected chi connectivity index (χ0v) is 18.7. The van der Waals surface area contributed by atoms with Crippen molar-refractivity contribution >= 4 is 40.9 Å². The molecular formula is C23H22ClN3O6. The molecule has 172 valence electrons. The smallest absolute Gasteiger partial charge is 0.276 e. The van der Waals surface area contributed by atoms with Gasteiger partial charge in [-0.3, -0.25) is 24.6 Å². The van der Waals surface area contributed by atoms with Crippen molar-refractivity contribution < 1.29 is 28.7 Å². The summed E-state index contributed by atoms with van der Waals surface area (Å²) in [5.74, 6) is -1.50. The molecule has 0 spiro atoms. The maximum atomic E-state index is 13.1. The lowest BCUT2D eigenvalue weighted by Crippen LogP contribution is -2.55. The number of halogens is 1. The number of allylic oxidation sites excluding steroid dienone is 1. The van der Waals surface area contributed by atoms with E-state index >= 15 is 0 Å². The number of imide groups is 1. The van der Waals surface area contributed by atoms with Crippen LogP contribution in [0.4, 0.5) is 5.69 Å². The molecule has 0 radical (unpaired) electrons. The first-order chi connectivity index (χ1) is 15.8. The molecule has 1 fully saturated rings. The van der Waals surface area contributed by atoms with Crippen LogP contribution in [0.2, 0.25) is 5.02 Å². The van der Waals surface area contributed by atoms with Crippen LogP contribution in [0.1, 0.15) is 13.3 Å². The number of amides is 4. The van der Waals surface area contributed by atoms with E-state index in [1.807, 2.05) is 0 Å². The minimum Gasteiger partial charge on any atom is -0.497 e. The van der Waals surface area contributed by atoms with Gasteiger partial charge in [-0.2, -0.15) is 0 Å². The van der Waals surface area contributed by atoms with Crippen LogP contribution in [0.15, 0.2) is 60.7 Å². The Morgan fingerprint density at radius 1 is 1.12 bits per heavy atom. The Morgan fingerprint density at radius 3 is 2.36 bits per heavy atom. The van der Waals surface area contributed by atoms with Gasteiger partial charge < -0.3 is 9.47 Å². The molecule has 0 aliphatic carbocycles. The van der Waals surface area contributed by atoms with Gasteiger partial charge in [-0.1, -0.05) is 17.7 Å². The van der Waals surface area contributed by atoms with Gasteiger partial charge in [0.1, 0.15) is 17.5 Å². The van der Waals surface area contributed by atoms with Crippen LogP contribution in [-0.4, -0.2) is 48.4 Å². The summed E-state index contributed by atoms with van der Waals surface area (Å²) in [6.45, 7) is 1.20. The topological polar surface area (TPSA) is 105 Å². The quantitative estimate of drug-likeness (QED) is 0.378. The summed E-state index contributed by atoms with van der Waals surface area (Å²) in [6, 6.07) is 11.5. The fourth-order valence-electron chi connectivity index (χ4n) is 3.18. The second-order valence-corrected chi connectivity index (χ2v) is 7.41. The predicted octanol–water partition coefficient (Wildman–Crippen LogP) is 2.50. The highest BCUT2D eigenvalue weighted by Gasteiger charge is 2.45.